The maximum Gasteiger partial charge on any atom is 0.248 e. The number of rotatable bonds is 7. The van der Waals surface area contributed by atoms with Crippen molar-refractivity contribution >= 4 is 5.91 Å². The number of methoxy groups -OCH3 is 2. The lowest BCUT2D eigenvalue weighted by molar-refractivity contribution is 0.100. The summed E-state index contributed by atoms with van der Waals surface area (Å²) in [6.45, 7) is 1.47. The summed E-state index contributed by atoms with van der Waals surface area (Å²) < 4.78 is 10.8. The number of para-hydroxylation sites is 1. The topological polar surface area (TPSA) is 64.8 Å². The van der Waals surface area contributed by atoms with Gasteiger partial charge in [0.2, 0.25) is 5.91 Å². The van der Waals surface area contributed by atoms with Crippen molar-refractivity contribution in [2.45, 2.75) is 13.1 Å². The molecule has 0 aliphatic rings. The van der Waals surface area contributed by atoms with Crippen LogP contribution in [0.25, 0.3) is 0 Å². The Kier molecular flexibility index (Phi) is 5.60. The van der Waals surface area contributed by atoms with E-state index in [2.05, 4.69) is 4.90 Å². The van der Waals surface area contributed by atoms with E-state index in [1.54, 1.807) is 26.4 Å². The minimum absolute atomic E-state index is 0.411. The molecule has 0 aromatic heterocycles. The Balaban J connectivity index is 2.07. The first-order chi connectivity index (χ1) is 11.0. The average Bonchev–Trinajstić information content (AvgIpc) is 2.54. The van der Waals surface area contributed by atoms with E-state index in [9.17, 15) is 4.79 Å². The van der Waals surface area contributed by atoms with Crippen LogP contribution in [0, 0.1) is 0 Å². The highest BCUT2D eigenvalue weighted by Gasteiger charge is 2.11. The van der Waals surface area contributed by atoms with E-state index in [4.69, 9.17) is 15.2 Å². The van der Waals surface area contributed by atoms with E-state index >= 15 is 0 Å². The zero-order chi connectivity index (χ0) is 16.8. The van der Waals surface area contributed by atoms with Gasteiger partial charge in [-0.25, -0.2) is 0 Å². The number of benzene rings is 2. The standard InChI is InChI=1S/C18H22N2O3/c1-20(11-13-7-9-14(10-8-13)18(19)21)12-15-5-4-6-16(22-2)17(15)23-3/h4-10H,11-12H2,1-3H3,(H2,19,21). The van der Waals surface area contributed by atoms with Crippen LogP contribution in [0.1, 0.15) is 21.5 Å². The summed E-state index contributed by atoms with van der Waals surface area (Å²) >= 11 is 0. The van der Waals surface area contributed by atoms with Gasteiger partial charge in [0.1, 0.15) is 0 Å². The van der Waals surface area contributed by atoms with Gasteiger partial charge in [-0.1, -0.05) is 24.3 Å². The van der Waals surface area contributed by atoms with Crippen molar-refractivity contribution in [3.8, 4) is 11.5 Å². The fourth-order valence-corrected chi connectivity index (χ4v) is 2.51. The van der Waals surface area contributed by atoms with Crippen LogP contribution in [0.2, 0.25) is 0 Å². The number of hydrogen-bond acceptors (Lipinski definition) is 4. The zero-order valence-electron chi connectivity index (χ0n) is 13.7. The van der Waals surface area contributed by atoms with E-state index in [0.29, 0.717) is 5.56 Å². The Morgan fingerprint density at radius 1 is 1.04 bits per heavy atom. The third kappa shape index (κ3) is 4.23. The van der Waals surface area contributed by atoms with Gasteiger partial charge < -0.3 is 15.2 Å². The lowest BCUT2D eigenvalue weighted by Crippen LogP contribution is -2.18. The maximum atomic E-state index is 11.1. The molecule has 5 nitrogen and oxygen atoms in total. The van der Waals surface area contributed by atoms with Crippen LogP contribution in [-0.2, 0) is 13.1 Å². The highest BCUT2D eigenvalue weighted by Crippen LogP contribution is 2.31. The molecule has 2 rings (SSSR count). The molecule has 0 aliphatic heterocycles. The Morgan fingerprint density at radius 3 is 2.30 bits per heavy atom. The number of carbonyl (C=O) groups excluding carboxylic acids is 1. The molecule has 0 aliphatic carbocycles. The number of amides is 1. The third-order valence-electron chi connectivity index (χ3n) is 3.62. The normalized spacial score (nSPS) is 10.6. The number of carbonyl (C=O) groups is 1. The van der Waals surface area contributed by atoms with Gasteiger partial charge in [0, 0.05) is 24.2 Å². The smallest absolute Gasteiger partial charge is 0.248 e. The van der Waals surface area contributed by atoms with Gasteiger partial charge in [-0.05, 0) is 30.8 Å². The first-order valence-corrected chi connectivity index (χ1v) is 7.32. The second-order valence-corrected chi connectivity index (χ2v) is 5.39. The molecule has 0 radical (unpaired) electrons. The Morgan fingerprint density at radius 2 is 1.74 bits per heavy atom. The van der Waals surface area contributed by atoms with Crippen molar-refractivity contribution in [3.05, 3.63) is 59.2 Å². The lowest BCUT2D eigenvalue weighted by Gasteiger charge is -2.19. The van der Waals surface area contributed by atoms with Gasteiger partial charge in [-0.15, -0.1) is 0 Å². The quantitative estimate of drug-likeness (QED) is 0.852. The molecular formula is C18H22N2O3. The van der Waals surface area contributed by atoms with Gasteiger partial charge >= 0.3 is 0 Å². The van der Waals surface area contributed by atoms with Gasteiger partial charge in [0.25, 0.3) is 0 Å². The van der Waals surface area contributed by atoms with Crippen LogP contribution in [0.3, 0.4) is 0 Å². The van der Waals surface area contributed by atoms with Crippen LogP contribution >= 0.6 is 0 Å². The van der Waals surface area contributed by atoms with Crippen molar-refractivity contribution in [1.82, 2.24) is 4.90 Å². The molecule has 0 saturated heterocycles. The molecule has 23 heavy (non-hydrogen) atoms. The molecule has 0 fully saturated rings. The van der Waals surface area contributed by atoms with E-state index in [1.807, 2.05) is 37.4 Å². The summed E-state index contributed by atoms with van der Waals surface area (Å²) in [6.07, 6.45) is 0. The zero-order valence-corrected chi connectivity index (χ0v) is 13.7. The summed E-state index contributed by atoms with van der Waals surface area (Å²) in [7, 11) is 5.30. The molecule has 5 heteroatoms. The first kappa shape index (κ1) is 16.8. The third-order valence-corrected chi connectivity index (χ3v) is 3.62. The Bertz CT molecular complexity index is 668. The van der Waals surface area contributed by atoms with Crippen molar-refractivity contribution in [1.29, 1.82) is 0 Å². The van der Waals surface area contributed by atoms with Crippen LogP contribution in [0.4, 0.5) is 0 Å². The summed E-state index contributed by atoms with van der Waals surface area (Å²) in [5.74, 6) is 1.07. The molecular weight excluding hydrogens is 292 g/mol. The molecule has 2 aromatic carbocycles. The predicted octanol–water partition coefficient (Wildman–Crippen LogP) is 2.43. The molecule has 2 aromatic rings. The number of nitrogens with two attached hydrogens (primary N) is 1. The van der Waals surface area contributed by atoms with Gasteiger partial charge in [0.05, 0.1) is 14.2 Å². The minimum atomic E-state index is -0.411. The number of nitrogens with zero attached hydrogens (tertiary/aromatic N) is 1. The number of primary amides is 1. The van der Waals surface area contributed by atoms with Crippen molar-refractivity contribution in [2.24, 2.45) is 5.73 Å². The van der Waals surface area contributed by atoms with Crippen LogP contribution in [0.15, 0.2) is 42.5 Å². The second-order valence-electron chi connectivity index (χ2n) is 5.39. The summed E-state index contributed by atoms with van der Waals surface area (Å²) in [5.41, 5.74) is 7.94. The molecule has 0 atom stereocenters. The van der Waals surface area contributed by atoms with Crippen molar-refractivity contribution in [2.75, 3.05) is 21.3 Å². The van der Waals surface area contributed by atoms with Gasteiger partial charge in [0.15, 0.2) is 11.5 Å². The second kappa shape index (κ2) is 7.65. The van der Waals surface area contributed by atoms with Crippen molar-refractivity contribution in [3.63, 3.8) is 0 Å². The van der Waals surface area contributed by atoms with Crippen LogP contribution in [0.5, 0.6) is 11.5 Å². The van der Waals surface area contributed by atoms with E-state index < -0.39 is 5.91 Å². The molecule has 0 unspecified atom stereocenters. The molecule has 0 saturated carbocycles. The molecule has 0 bridgehead atoms. The highest BCUT2D eigenvalue weighted by molar-refractivity contribution is 5.92. The molecule has 122 valence electrons. The summed E-state index contributed by atoms with van der Waals surface area (Å²) in [5, 5.41) is 0. The summed E-state index contributed by atoms with van der Waals surface area (Å²) in [4.78, 5) is 13.3. The van der Waals surface area contributed by atoms with E-state index in [1.165, 1.54) is 0 Å². The minimum Gasteiger partial charge on any atom is -0.493 e. The SMILES string of the molecule is COc1cccc(CN(C)Cc2ccc(C(N)=O)cc2)c1OC. The van der Waals surface area contributed by atoms with E-state index in [0.717, 1.165) is 35.7 Å². The number of hydrogen-bond donors (Lipinski definition) is 1. The Labute approximate surface area is 136 Å². The molecule has 2 N–H and O–H groups in total. The monoisotopic (exact) mass is 314 g/mol. The Hall–Kier alpha value is -2.53. The lowest BCUT2D eigenvalue weighted by atomic mass is 10.1. The molecule has 1 amide bonds. The van der Waals surface area contributed by atoms with Gasteiger partial charge in [-0.2, -0.15) is 0 Å². The molecule has 0 spiro atoms. The van der Waals surface area contributed by atoms with Crippen LogP contribution in [-0.4, -0.2) is 32.1 Å². The maximum absolute atomic E-state index is 11.1. The highest BCUT2D eigenvalue weighted by atomic mass is 16.5. The average molecular weight is 314 g/mol. The fraction of sp³-hybridized carbons (Fsp3) is 0.278. The number of ether oxygens (including phenoxy) is 2. The fourth-order valence-electron chi connectivity index (χ4n) is 2.51. The van der Waals surface area contributed by atoms with Gasteiger partial charge in [-0.3, -0.25) is 9.69 Å². The van der Waals surface area contributed by atoms with E-state index in [-0.39, 0.29) is 0 Å². The predicted molar refractivity (Wildman–Crippen MR) is 89.7 cm³/mol. The summed E-state index contributed by atoms with van der Waals surface area (Å²) in [6, 6.07) is 13.2. The first-order valence-electron chi connectivity index (χ1n) is 7.32. The molecule has 0 heterocycles. The van der Waals surface area contributed by atoms with Crippen LogP contribution < -0.4 is 15.2 Å². The van der Waals surface area contributed by atoms with Crippen molar-refractivity contribution < 1.29 is 14.3 Å². The largest absolute Gasteiger partial charge is 0.493 e.